The van der Waals surface area contributed by atoms with Crippen LogP contribution in [0.25, 0.3) is 12.2 Å². The standard InChI is InChI=1S/C16H14Te2/c1-3-7-15(8-4-1)11-13-17-18-14-12-16-9-5-2-6-10-16/h1-14H/b13-11+,14-12+. The van der Waals surface area contributed by atoms with Gasteiger partial charge in [-0.05, 0) is 0 Å². The van der Waals surface area contributed by atoms with Crippen molar-refractivity contribution in [1.29, 1.82) is 0 Å². The van der Waals surface area contributed by atoms with E-state index in [-0.39, 0.29) is 34.1 Å². The van der Waals surface area contributed by atoms with Crippen molar-refractivity contribution in [1.82, 2.24) is 0 Å². The van der Waals surface area contributed by atoms with Crippen LogP contribution in [0.1, 0.15) is 11.1 Å². The Balaban J connectivity index is 1.73. The second-order valence-corrected chi connectivity index (χ2v) is 13.6. The van der Waals surface area contributed by atoms with Crippen molar-refractivity contribution in [3.8, 4) is 0 Å². The first kappa shape index (κ1) is 13.9. The Kier molecular flexibility index (Phi) is 6.63. The molecule has 0 bridgehead atoms. The normalized spacial score (nSPS) is 11.3. The summed E-state index contributed by atoms with van der Waals surface area (Å²) in [7, 11) is 0. The molecular formula is C16H14Te2. The molecule has 0 radical (unpaired) electrons. The summed E-state index contributed by atoms with van der Waals surface area (Å²) in [5.41, 5.74) is 2.64. The summed E-state index contributed by atoms with van der Waals surface area (Å²) in [6, 6.07) is 21.1. The maximum absolute atomic E-state index is 2.41. The summed E-state index contributed by atoms with van der Waals surface area (Å²) >= 11 is 0.182. The minimum absolute atomic E-state index is 0.0909. The molecule has 0 aliphatic carbocycles. The van der Waals surface area contributed by atoms with Crippen molar-refractivity contribution in [2.24, 2.45) is 0 Å². The van der Waals surface area contributed by atoms with Crippen LogP contribution >= 0.6 is 0 Å². The predicted molar refractivity (Wildman–Crippen MR) is 82.5 cm³/mol. The molecule has 90 valence electrons. The molecule has 0 aliphatic rings. The third-order valence-corrected chi connectivity index (χ3v) is 10.4. The number of hydrogen-bond acceptors (Lipinski definition) is 0. The summed E-state index contributed by atoms with van der Waals surface area (Å²) in [6.45, 7) is 0. The summed E-state index contributed by atoms with van der Waals surface area (Å²) in [5, 5.41) is 0. The van der Waals surface area contributed by atoms with Crippen LogP contribution in [0.3, 0.4) is 0 Å². The van der Waals surface area contributed by atoms with Crippen molar-refractivity contribution >= 4 is 46.3 Å². The fourth-order valence-electron chi connectivity index (χ4n) is 1.41. The Bertz CT molecular complexity index is 452. The van der Waals surface area contributed by atoms with Crippen LogP contribution in [0.4, 0.5) is 0 Å². The molecule has 2 heteroatoms. The van der Waals surface area contributed by atoms with E-state index in [1.165, 1.54) is 11.1 Å². The molecule has 2 aromatic carbocycles. The minimum atomic E-state index is 0.0909. The van der Waals surface area contributed by atoms with Gasteiger partial charge in [0.05, 0.1) is 0 Å². The van der Waals surface area contributed by atoms with Gasteiger partial charge in [-0.1, -0.05) is 0 Å². The Labute approximate surface area is 125 Å². The van der Waals surface area contributed by atoms with Crippen LogP contribution in [0.5, 0.6) is 0 Å². The van der Waals surface area contributed by atoms with Crippen LogP contribution in [-0.2, 0) is 0 Å². The van der Waals surface area contributed by atoms with Gasteiger partial charge in [-0.25, -0.2) is 0 Å². The Morgan fingerprint density at radius 3 is 1.33 bits per heavy atom. The summed E-state index contributed by atoms with van der Waals surface area (Å²) < 4.78 is 4.83. The van der Waals surface area contributed by atoms with Crippen molar-refractivity contribution in [3.63, 3.8) is 0 Å². The number of hydrogen-bond donors (Lipinski definition) is 0. The average molecular weight is 461 g/mol. The van der Waals surface area contributed by atoms with Gasteiger partial charge in [-0.15, -0.1) is 0 Å². The molecule has 0 saturated carbocycles. The van der Waals surface area contributed by atoms with Crippen LogP contribution in [0.15, 0.2) is 68.9 Å². The topological polar surface area (TPSA) is 0 Å². The summed E-state index contributed by atoms with van der Waals surface area (Å²) in [4.78, 5) is 0. The van der Waals surface area contributed by atoms with Crippen LogP contribution in [0.2, 0.25) is 0 Å². The second-order valence-electron chi connectivity index (χ2n) is 3.62. The molecule has 0 unspecified atom stereocenters. The molecule has 18 heavy (non-hydrogen) atoms. The molecule has 0 spiro atoms. The molecule has 0 aliphatic heterocycles. The number of rotatable bonds is 5. The van der Waals surface area contributed by atoms with E-state index in [1.807, 2.05) is 0 Å². The van der Waals surface area contributed by atoms with Crippen LogP contribution < -0.4 is 0 Å². The molecule has 0 atom stereocenters. The van der Waals surface area contributed by atoms with Gasteiger partial charge in [0.25, 0.3) is 0 Å². The fraction of sp³-hybridized carbons (Fsp3) is 0. The summed E-state index contributed by atoms with van der Waals surface area (Å²) in [6.07, 6.45) is 4.53. The number of benzene rings is 2. The second kappa shape index (κ2) is 8.58. The monoisotopic (exact) mass is 466 g/mol. The molecule has 2 rings (SSSR count). The van der Waals surface area contributed by atoms with Crippen LogP contribution in [0, 0.1) is 0 Å². The zero-order valence-corrected chi connectivity index (χ0v) is 14.6. The van der Waals surface area contributed by atoms with Crippen molar-refractivity contribution < 1.29 is 0 Å². The Morgan fingerprint density at radius 2 is 0.944 bits per heavy atom. The van der Waals surface area contributed by atoms with E-state index in [0.29, 0.717) is 0 Å². The van der Waals surface area contributed by atoms with Crippen molar-refractivity contribution in [2.75, 3.05) is 0 Å². The molecule has 0 nitrogen and oxygen atoms in total. The van der Waals surface area contributed by atoms with Gasteiger partial charge in [0, 0.05) is 0 Å². The van der Waals surface area contributed by atoms with E-state index in [9.17, 15) is 0 Å². The van der Waals surface area contributed by atoms with Gasteiger partial charge in [-0.2, -0.15) is 0 Å². The maximum atomic E-state index is 2.41. The van der Waals surface area contributed by atoms with E-state index < -0.39 is 0 Å². The fourth-order valence-corrected chi connectivity index (χ4v) is 7.57. The van der Waals surface area contributed by atoms with E-state index in [2.05, 4.69) is 81.1 Å². The molecular weight excluding hydrogens is 447 g/mol. The van der Waals surface area contributed by atoms with Crippen molar-refractivity contribution in [3.05, 3.63) is 80.0 Å². The van der Waals surface area contributed by atoms with Gasteiger partial charge in [0.2, 0.25) is 0 Å². The first-order chi connectivity index (χ1) is 8.95. The third-order valence-electron chi connectivity index (χ3n) is 2.29. The average Bonchev–Trinajstić information content (AvgIpc) is 2.45. The van der Waals surface area contributed by atoms with Gasteiger partial charge in [0.15, 0.2) is 0 Å². The SMILES string of the molecule is C(=C\c1ccccc1)/[Te][Te]/C=C/c1ccccc1. The van der Waals surface area contributed by atoms with E-state index in [1.54, 1.807) is 0 Å². The van der Waals surface area contributed by atoms with Gasteiger partial charge in [-0.3, -0.25) is 0 Å². The van der Waals surface area contributed by atoms with E-state index in [4.69, 9.17) is 0 Å². The van der Waals surface area contributed by atoms with Gasteiger partial charge in [0.1, 0.15) is 0 Å². The predicted octanol–water partition coefficient (Wildman–Crippen LogP) is 3.65. The van der Waals surface area contributed by atoms with Crippen molar-refractivity contribution in [2.45, 2.75) is 0 Å². The van der Waals surface area contributed by atoms with E-state index in [0.717, 1.165) is 0 Å². The molecule has 2 aromatic rings. The quantitative estimate of drug-likeness (QED) is 0.471. The molecule has 0 N–H and O–H groups in total. The Hall–Kier alpha value is -0.501. The zero-order valence-electron chi connectivity index (χ0n) is 9.90. The summed E-state index contributed by atoms with van der Waals surface area (Å²) in [5.74, 6) is 0. The van der Waals surface area contributed by atoms with Gasteiger partial charge < -0.3 is 0 Å². The molecule has 0 saturated heterocycles. The first-order valence-electron chi connectivity index (χ1n) is 5.70. The first-order valence-corrected chi connectivity index (χ1v) is 15.7. The van der Waals surface area contributed by atoms with E-state index >= 15 is 0 Å². The van der Waals surface area contributed by atoms with Gasteiger partial charge >= 0.3 is 126 Å². The Morgan fingerprint density at radius 1 is 0.556 bits per heavy atom. The molecule has 0 heterocycles. The molecule has 0 fully saturated rings. The third kappa shape index (κ3) is 5.43. The molecule has 0 amide bonds. The zero-order chi connectivity index (χ0) is 12.5. The molecule has 0 aromatic heterocycles. The van der Waals surface area contributed by atoms with Crippen LogP contribution in [-0.4, -0.2) is 34.1 Å².